The molecule has 3 nitrogen and oxygen atoms in total. The Kier molecular flexibility index (Phi) is 2.59. The predicted octanol–water partition coefficient (Wildman–Crippen LogP) is 3.65. The molecule has 2 heterocycles. The third kappa shape index (κ3) is 1.88. The van der Waals surface area contributed by atoms with Gasteiger partial charge < -0.3 is 10.1 Å². The SMILES string of the molecule is Cc1cc2nc(-c3cccc(N)c3)cn2cc1Br. The number of aromatic nitrogens is 2. The fourth-order valence-electron chi connectivity index (χ4n) is 1.94. The highest BCUT2D eigenvalue weighted by Crippen LogP contribution is 2.23. The lowest BCUT2D eigenvalue weighted by molar-refractivity contribution is 1.16. The molecule has 0 amide bonds. The number of hydrogen-bond acceptors (Lipinski definition) is 2. The van der Waals surface area contributed by atoms with E-state index in [1.165, 1.54) is 5.56 Å². The first-order chi connectivity index (χ1) is 8.63. The molecular formula is C14H12BrN3. The van der Waals surface area contributed by atoms with Gasteiger partial charge in [0, 0.05) is 28.1 Å². The molecular weight excluding hydrogens is 290 g/mol. The summed E-state index contributed by atoms with van der Waals surface area (Å²) >= 11 is 3.52. The summed E-state index contributed by atoms with van der Waals surface area (Å²) in [6, 6.07) is 9.82. The summed E-state index contributed by atoms with van der Waals surface area (Å²) in [4.78, 5) is 4.61. The maximum absolute atomic E-state index is 5.80. The second kappa shape index (κ2) is 4.14. The van der Waals surface area contributed by atoms with Gasteiger partial charge in [0.05, 0.1) is 5.69 Å². The molecule has 0 saturated heterocycles. The van der Waals surface area contributed by atoms with Gasteiger partial charge in [-0.2, -0.15) is 0 Å². The van der Waals surface area contributed by atoms with Crippen molar-refractivity contribution in [1.82, 2.24) is 9.38 Å². The molecule has 0 bridgehead atoms. The Morgan fingerprint density at radius 1 is 1.22 bits per heavy atom. The van der Waals surface area contributed by atoms with Gasteiger partial charge >= 0.3 is 0 Å². The summed E-state index contributed by atoms with van der Waals surface area (Å²) < 4.78 is 3.09. The van der Waals surface area contributed by atoms with E-state index in [0.29, 0.717) is 0 Å². The van der Waals surface area contributed by atoms with Crippen LogP contribution in [0.15, 0.2) is 47.2 Å². The standard InChI is InChI=1S/C14H12BrN3/c1-9-5-14-17-13(8-18(14)7-12(9)15)10-3-2-4-11(16)6-10/h2-8H,16H2,1H3. The molecule has 0 saturated carbocycles. The Morgan fingerprint density at radius 2 is 2.06 bits per heavy atom. The van der Waals surface area contributed by atoms with Crippen molar-refractivity contribution in [3.8, 4) is 11.3 Å². The van der Waals surface area contributed by atoms with E-state index in [1.807, 2.05) is 41.1 Å². The average molecular weight is 302 g/mol. The zero-order valence-electron chi connectivity index (χ0n) is 9.89. The minimum Gasteiger partial charge on any atom is -0.399 e. The van der Waals surface area contributed by atoms with Gasteiger partial charge in [0.15, 0.2) is 0 Å². The number of nitrogens with two attached hydrogens (primary N) is 1. The number of fused-ring (bicyclic) bond motifs is 1. The zero-order chi connectivity index (χ0) is 12.7. The molecule has 90 valence electrons. The molecule has 0 fully saturated rings. The van der Waals surface area contributed by atoms with Crippen LogP contribution in [0.1, 0.15) is 5.56 Å². The maximum Gasteiger partial charge on any atom is 0.137 e. The molecule has 3 rings (SSSR count). The van der Waals surface area contributed by atoms with Gasteiger partial charge in [-0.15, -0.1) is 0 Å². The van der Waals surface area contributed by atoms with Gasteiger partial charge in [-0.3, -0.25) is 0 Å². The molecule has 2 N–H and O–H groups in total. The number of halogens is 1. The van der Waals surface area contributed by atoms with Crippen LogP contribution < -0.4 is 5.73 Å². The largest absolute Gasteiger partial charge is 0.399 e. The molecule has 0 atom stereocenters. The van der Waals surface area contributed by atoms with Crippen molar-refractivity contribution in [3.05, 3.63) is 52.8 Å². The van der Waals surface area contributed by atoms with Gasteiger partial charge in [0.1, 0.15) is 5.65 Å². The molecule has 0 aliphatic heterocycles. The van der Waals surface area contributed by atoms with Gasteiger partial charge in [-0.05, 0) is 46.6 Å². The van der Waals surface area contributed by atoms with Crippen LogP contribution in [-0.2, 0) is 0 Å². The zero-order valence-corrected chi connectivity index (χ0v) is 11.5. The number of rotatable bonds is 1. The molecule has 3 aromatic rings. The van der Waals surface area contributed by atoms with Crippen molar-refractivity contribution >= 4 is 27.3 Å². The fourth-order valence-corrected chi connectivity index (χ4v) is 2.28. The summed E-state index contributed by atoms with van der Waals surface area (Å²) in [6.07, 6.45) is 4.03. The van der Waals surface area contributed by atoms with Crippen LogP contribution in [0.2, 0.25) is 0 Å². The Labute approximate surface area is 113 Å². The smallest absolute Gasteiger partial charge is 0.137 e. The Balaban J connectivity index is 2.19. The van der Waals surface area contributed by atoms with Crippen molar-refractivity contribution in [2.45, 2.75) is 6.92 Å². The number of benzene rings is 1. The van der Waals surface area contributed by atoms with Crippen LogP contribution in [0.3, 0.4) is 0 Å². The number of aryl methyl sites for hydroxylation is 1. The van der Waals surface area contributed by atoms with Crippen LogP contribution >= 0.6 is 15.9 Å². The van der Waals surface area contributed by atoms with Crippen molar-refractivity contribution < 1.29 is 0 Å². The van der Waals surface area contributed by atoms with E-state index < -0.39 is 0 Å². The van der Waals surface area contributed by atoms with E-state index in [4.69, 9.17) is 5.73 Å². The molecule has 2 aromatic heterocycles. The Hall–Kier alpha value is -1.81. The van der Waals surface area contributed by atoms with E-state index in [2.05, 4.69) is 33.9 Å². The number of pyridine rings is 1. The minimum absolute atomic E-state index is 0.752. The molecule has 18 heavy (non-hydrogen) atoms. The summed E-state index contributed by atoms with van der Waals surface area (Å²) in [5.74, 6) is 0. The van der Waals surface area contributed by atoms with Gasteiger partial charge in [-0.25, -0.2) is 4.98 Å². The normalized spacial score (nSPS) is 11.0. The monoisotopic (exact) mass is 301 g/mol. The van der Waals surface area contributed by atoms with Gasteiger partial charge in [0.25, 0.3) is 0 Å². The van der Waals surface area contributed by atoms with Crippen molar-refractivity contribution in [2.75, 3.05) is 5.73 Å². The van der Waals surface area contributed by atoms with Crippen molar-refractivity contribution in [2.24, 2.45) is 0 Å². The molecule has 0 aliphatic carbocycles. The highest BCUT2D eigenvalue weighted by atomic mass is 79.9. The Bertz CT molecular complexity index is 692. The molecule has 4 heteroatoms. The van der Waals surface area contributed by atoms with Gasteiger partial charge in [-0.1, -0.05) is 12.1 Å². The second-order valence-corrected chi connectivity index (χ2v) is 5.18. The van der Waals surface area contributed by atoms with Crippen LogP contribution in [0.5, 0.6) is 0 Å². The van der Waals surface area contributed by atoms with Crippen LogP contribution in [0.25, 0.3) is 16.9 Å². The lowest BCUT2D eigenvalue weighted by Gasteiger charge is -1.98. The van der Waals surface area contributed by atoms with Gasteiger partial charge in [0.2, 0.25) is 0 Å². The highest BCUT2D eigenvalue weighted by molar-refractivity contribution is 9.10. The first-order valence-corrected chi connectivity index (χ1v) is 6.43. The van der Waals surface area contributed by atoms with E-state index in [9.17, 15) is 0 Å². The summed E-state index contributed by atoms with van der Waals surface area (Å²) in [5, 5.41) is 0. The van der Waals surface area contributed by atoms with Crippen LogP contribution in [0, 0.1) is 6.92 Å². The molecule has 0 unspecified atom stereocenters. The third-order valence-corrected chi connectivity index (χ3v) is 3.75. The second-order valence-electron chi connectivity index (χ2n) is 4.32. The lowest BCUT2D eigenvalue weighted by Crippen LogP contribution is -1.85. The molecule has 0 spiro atoms. The van der Waals surface area contributed by atoms with E-state index >= 15 is 0 Å². The maximum atomic E-state index is 5.80. The lowest BCUT2D eigenvalue weighted by atomic mass is 10.1. The van der Waals surface area contributed by atoms with E-state index in [1.54, 1.807) is 0 Å². The first-order valence-electron chi connectivity index (χ1n) is 5.64. The molecule has 0 aliphatic rings. The topological polar surface area (TPSA) is 43.3 Å². The highest BCUT2D eigenvalue weighted by Gasteiger charge is 2.06. The number of anilines is 1. The minimum atomic E-state index is 0.752. The summed E-state index contributed by atoms with van der Waals surface area (Å²) in [6.45, 7) is 2.05. The van der Waals surface area contributed by atoms with E-state index in [-0.39, 0.29) is 0 Å². The van der Waals surface area contributed by atoms with Crippen molar-refractivity contribution in [1.29, 1.82) is 0 Å². The number of imidazole rings is 1. The molecule has 1 aromatic carbocycles. The quantitative estimate of drug-likeness (QED) is 0.697. The summed E-state index contributed by atoms with van der Waals surface area (Å²) in [7, 11) is 0. The predicted molar refractivity (Wildman–Crippen MR) is 77.5 cm³/mol. The van der Waals surface area contributed by atoms with Crippen molar-refractivity contribution in [3.63, 3.8) is 0 Å². The summed E-state index contributed by atoms with van der Waals surface area (Å²) in [5.41, 5.74) is 10.6. The Morgan fingerprint density at radius 3 is 2.83 bits per heavy atom. The molecule has 0 radical (unpaired) electrons. The van der Waals surface area contributed by atoms with Crippen LogP contribution in [0.4, 0.5) is 5.69 Å². The fraction of sp³-hybridized carbons (Fsp3) is 0.0714. The van der Waals surface area contributed by atoms with E-state index in [0.717, 1.165) is 27.1 Å². The van der Waals surface area contributed by atoms with Crippen LogP contribution in [-0.4, -0.2) is 9.38 Å². The number of hydrogen-bond donors (Lipinski definition) is 1. The number of nitrogen functional groups attached to an aromatic ring is 1. The number of nitrogens with zero attached hydrogens (tertiary/aromatic N) is 2. The average Bonchev–Trinajstić information content (AvgIpc) is 2.73. The third-order valence-electron chi connectivity index (χ3n) is 2.92. The first kappa shape index (κ1) is 11.3.